The number of hydrogen-bond acceptors (Lipinski definition) is 6. The van der Waals surface area contributed by atoms with Crippen molar-refractivity contribution < 1.29 is 14.3 Å². The average Bonchev–Trinajstić information content (AvgIpc) is 2.79. The second kappa shape index (κ2) is 10.8. The van der Waals surface area contributed by atoms with E-state index in [1.165, 1.54) is 18.2 Å². The van der Waals surface area contributed by atoms with E-state index in [0.717, 1.165) is 25.7 Å². The lowest BCUT2D eigenvalue weighted by Gasteiger charge is -2.26. The molecule has 0 saturated heterocycles. The van der Waals surface area contributed by atoms with E-state index in [0.29, 0.717) is 41.3 Å². The predicted molar refractivity (Wildman–Crippen MR) is 123 cm³/mol. The van der Waals surface area contributed by atoms with E-state index in [-0.39, 0.29) is 29.2 Å². The summed E-state index contributed by atoms with van der Waals surface area (Å²) in [5.41, 5.74) is 0.895. The Morgan fingerprint density at radius 1 is 1.16 bits per heavy atom. The Hall–Kier alpha value is -2.35. The highest BCUT2D eigenvalue weighted by Gasteiger charge is 2.23. The van der Waals surface area contributed by atoms with Crippen LogP contribution in [-0.2, 0) is 9.53 Å². The highest BCUT2D eigenvalue weighted by atomic mass is 32.2. The Kier molecular flexibility index (Phi) is 8.12. The minimum absolute atomic E-state index is 0.0779. The average molecular weight is 446 g/mol. The number of aromatic nitrogens is 2. The van der Waals surface area contributed by atoms with Gasteiger partial charge in [-0.3, -0.25) is 19.0 Å². The number of nitrogens with zero attached hydrogens (tertiary/aromatic N) is 3. The molecule has 1 aromatic carbocycles. The first-order valence-electron chi connectivity index (χ1n) is 11.1. The summed E-state index contributed by atoms with van der Waals surface area (Å²) in [6, 6.07) is 5.19. The van der Waals surface area contributed by atoms with Crippen molar-refractivity contribution in [3.05, 3.63) is 34.1 Å². The minimum Gasteiger partial charge on any atom is -0.465 e. The highest BCUT2D eigenvalue weighted by Crippen LogP contribution is 2.31. The van der Waals surface area contributed by atoms with Gasteiger partial charge in [0, 0.05) is 24.7 Å². The van der Waals surface area contributed by atoms with Crippen molar-refractivity contribution in [1.29, 1.82) is 0 Å². The first kappa shape index (κ1) is 23.3. The van der Waals surface area contributed by atoms with Crippen molar-refractivity contribution in [2.24, 2.45) is 0 Å². The molecule has 1 aliphatic rings. The Labute approximate surface area is 187 Å². The van der Waals surface area contributed by atoms with Crippen LogP contribution in [-0.4, -0.2) is 51.8 Å². The summed E-state index contributed by atoms with van der Waals surface area (Å²) in [5.74, 6) is -0.315. The van der Waals surface area contributed by atoms with Gasteiger partial charge in [-0.1, -0.05) is 31.0 Å². The number of esters is 1. The van der Waals surface area contributed by atoms with Gasteiger partial charge in [0.25, 0.3) is 11.5 Å². The van der Waals surface area contributed by atoms with Crippen LogP contribution in [0.25, 0.3) is 10.9 Å². The summed E-state index contributed by atoms with van der Waals surface area (Å²) in [5, 5.41) is 1.02. The van der Waals surface area contributed by atoms with Crippen molar-refractivity contribution >= 4 is 34.5 Å². The first-order valence-corrected chi connectivity index (χ1v) is 12.1. The van der Waals surface area contributed by atoms with Crippen molar-refractivity contribution in [3.8, 4) is 0 Å². The van der Waals surface area contributed by atoms with E-state index in [2.05, 4.69) is 0 Å². The maximum atomic E-state index is 13.4. The molecule has 0 aliphatic heterocycles. The maximum Gasteiger partial charge on any atom is 0.316 e. The second-order valence-corrected chi connectivity index (χ2v) is 8.61. The van der Waals surface area contributed by atoms with Crippen LogP contribution in [0.4, 0.5) is 0 Å². The van der Waals surface area contributed by atoms with E-state index < -0.39 is 0 Å². The lowest BCUT2D eigenvalue weighted by atomic mass is 9.95. The van der Waals surface area contributed by atoms with Gasteiger partial charge >= 0.3 is 5.97 Å². The molecule has 7 nitrogen and oxygen atoms in total. The molecule has 2 aromatic rings. The number of carbonyl (C=O) groups is 2. The monoisotopic (exact) mass is 445 g/mol. The molecular formula is C23H31N3O4S. The van der Waals surface area contributed by atoms with Crippen LogP contribution in [0.1, 0.15) is 69.3 Å². The third kappa shape index (κ3) is 5.29. The zero-order valence-electron chi connectivity index (χ0n) is 18.6. The number of ether oxygens (including phenoxy) is 1. The Bertz CT molecular complexity index is 994. The fraction of sp³-hybridized carbons (Fsp3) is 0.565. The number of thioether (sulfide) groups is 1. The van der Waals surface area contributed by atoms with Gasteiger partial charge in [0.05, 0.1) is 23.3 Å². The van der Waals surface area contributed by atoms with E-state index in [1.54, 1.807) is 34.6 Å². The molecule has 1 fully saturated rings. The molecule has 0 radical (unpaired) electrons. The van der Waals surface area contributed by atoms with Gasteiger partial charge in [-0.25, -0.2) is 4.98 Å². The largest absolute Gasteiger partial charge is 0.465 e. The Morgan fingerprint density at radius 3 is 2.52 bits per heavy atom. The first-order chi connectivity index (χ1) is 15.0. The van der Waals surface area contributed by atoms with Gasteiger partial charge in [0.2, 0.25) is 0 Å². The quantitative estimate of drug-likeness (QED) is 0.347. The third-order valence-corrected chi connectivity index (χ3v) is 6.66. The van der Waals surface area contributed by atoms with Crippen LogP contribution < -0.4 is 5.56 Å². The van der Waals surface area contributed by atoms with Crippen LogP contribution in [0, 0.1) is 0 Å². The molecular weight excluding hydrogens is 414 g/mol. The molecule has 1 aromatic heterocycles. The topological polar surface area (TPSA) is 81.5 Å². The molecule has 1 heterocycles. The van der Waals surface area contributed by atoms with Crippen molar-refractivity contribution in [3.63, 3.8) is 0 Å². The van der Waals surface area contributed by atoms with Crippen LogP contribution in [0.3, 0.4) is 0 Å². The smallest absolute Gasteiger partial charge is 0.316 e. The van der Waals surface area contributed by atoms with Crippen molar-refractivity contribution in [2.75, 3.05) is 25.4 Å². The summed E-state index contributed by atoms with van der Waals surface area (Å²) in [6.45, 7) is 7.19. The van der Waals surface area contributed by atoms with Gasteiger partial charge < -0.3 is 9.64 Å². The number of benzene rings is 1. The summed E-state index contributed by atoms with van der Waals surface area (Å²) < 4.78 is 6.80. The van der Waals surface area contributed by atoms with Gasteiger partial charge in [0.1, 0.15) is 0 Å². The van der Waals surface area contributed by atoms with Gasteiger partial charge in [-0.2, -0.15) is 0 Å². The zero-order chi connectivity index (χ0) is 22.4. The van der Waals surface area contributed by atoms with Gasteiger partial charge in [0.15, 0.2) is 5.16 Å². The molecule has 1 aliphatic carbocycles. The van der Waals surface area contributed by atoms with Crippen LogP contribution in [0.5, 0.6) is 0 Å². The summed E-state index contributed by atoms with van der Waals surface area (Å²) in [7, 11) is 0. The summed E-state index contributed by atoms with van der Waals surface area (Å²) in [6.07, 6.45) is 5.19. The maximum absolute atomic E-state index is 13.4. The van der Waals surface area contributed by atoms with Crippen molar-refractivity contribution in [2.45, 2.75) is 64.1 Å². The molecule has 0 bridgehead atoms. The van der Waals surface area contributed by atoms with Gasteiger partial charge in [-0.15, -0.1) is 0 Å². The van der Waals surface area contributed by atoms with Crippen molar-refractivity contribution in [1.82, 2.24) is 14.5 Å². The standard InChI is InChI=1S/C23H31N3O4S/c1-4-25(5-2)21(28)16-12-13-18-19(14-16)24-23(31-15-20(27)30-6-3)26(22(18)29)17-10-8-7-9-11-17/h12-14,17H,4-11,15H2,1-3H3. The normalized spacial score (nSPS) is 14.5. The SMILES string of the molecule is CCOC(=O)CSc1nc2cc(C(=O)N(CC)CC)ccc2c(=O)n1C1CCCCC1. The summed E-state index contributed by atoms with van der Waals surface area (Å²) in [4.78, 5) is 44.6. The third-order valence-electron chi connectivity index (χ3n) is 5.73. The molecule has 8 heteroatoms. The number of rotatable bonds is 8. The van der Waals surface area contributed by atoms with Crippen LogP contribution in [0.2, 0.25) is 0 Å². The molecule has 31 heavy (non-hydrogen) atoms. The molecule has 1 amide bonds. The van der Waals surface area contributed by atoms with Crippen LogP contribution >= 0.6 is 11.8 Å². The molecule has 168 valence electrons. The fourth-order valence-corrected chi connectivity index (χ4v) is 4.96. The number of amides is 1. The lowest BCUT2D eigenvalue weighted by molar-refractivity contribution is -0.139. The minimum atomic E-state index is -0.331. The molecule has 3 rings (SSSR count). The van der Waals surface area contributed by atoms with E-state index in [4.69, 9.17) is 9.72 Å². The molecule has 0 spiro atoms. The van der Waals surface area contributed by atoms with Gasteiger partial charge in [-0.05, 0) is 51.8 Å². The highest BCUT2D eigenvalue weighted by molar-refractivity contribution is 7.99. The number of fused-ring (bicyclic) bond motifs is 1. The van der Waals surface area contributed by atoms with E-state index in [1.807, 2.05) is 13.8 Å². The van der Waals surface area contributed by atoms with Crippen LogP contribution in [0.15, 0.2) is 28.2 Å². The Morgan fingerprint density at radius 2 is 1.87 bits per heavy atom. The fourth-order valence-electron chi connectivity index (χ4n) is 4.09. The lowest BCUT2D eigenvalue weighted by Crippen LogP contribution is -2.31. The molecule has 0 atom stereocenters. The zero-order valence-corrected chi connectivity index (χ0v) is 19.4. The number of carbonyl (C=O) groups excluding carboxylic acids is 2. The number of hydrogen-bond donors (Lipinski definition) is 0. The summed E-state index contributed by atoms with van der Waals surface area (Å²) >= 11 is 1.23. The molecule has 0 unspecified atom stereocenters. The molecule has 1 saturated carbocycles. The second-order valence-electron chi connectivity index (χ2n) is 7.66. The van der Waals surface area contributed by atoms with E-state index in [9.17, 15) is 14.4 Å². The van der Waals surface area contributed by atoms with E-state index >= 15 is 0 Å². The molecule has 0 N–H and O–H groups in total. The predicted octanol–water partition coefficient (Wildman–Crippen LogP) is 4.04. The Balaban J connectivity index is 2.05.